The summed E-state index contributed by atoms with van der Waals surface area (Å²) in [5.74, 6) is -0.111. The maximum atomic E-state index is 12.4. The van der Waals surface area contributed by atoms with Crippen LogP contribution in [0.15, 0.2) is 37.1 Å². The molecule has 0 radical (unpaired) electrons. The molecule has 0 spiro atoms. The van der Waals surface area contributed by atoms with Crippen molar-refractivity contribution in [3.05, 3.63) is 37.1 Å². The Morgan fingerprint density at radius 3 is 2.48 bits per heavy atom. The smallest absolute Gasteiger partial charge is 0.233 e. The van der Waals surface area contributed by atoms with Gasteiger partial charge in [-0.05, 0) is 25.0 Å². The lowest BCUT2D eigenvalue weighted by molar-refractivity contribution is -0.140. The number of imidazole rings is 1. The third kappa shape index (κ3) is 3.47. The number of nitrogens with zero attached hydrogens (tertiary/aromatic N) is 4. The van der Waals surface area contributed by atoms with Crippen LogP contribution in [0.2, 0.25) is 0 Å². The second-order valence-corrected chi connectivity index (χ2v) is 7.00. The van der Waals surface area contributed by atoms with Crippen molar-refractivity contribution in [3.8, 4) is 5.82 Å². The second-order valence-electron chi connectivity index (χ2n) is 7.00. The molecule has 1 aliphatic carbocycles. The monoisotopic (exact) mass is 367 g/mol. The van der Waals surface area contributed by atoms with E-state index in [0.29, 0.717) is 11.5 Å². The molecular formula is C19H21N5O3. The minimum Gasteiger partial charge on any atom is -0.325 e. The molecule has 2 aromatic rings. The van der Waals surface area contributed by atoms with Crippen LogP contribution in [0.4, 0.5) is 5.69 Å². The summed E-state index contributed by atoms with van der Waals surface area (Å²) < 4.78 is 1.76. The van der Waals surface area contributed by atoms with Gasteiger partial charge in [-0.2, -0.15) is 0 Å². The van der Waals surface area contributed by atoms with Gasteiger partial charge in [0.25, 0.3) is 0 Å². The van der Waals surface area contributed by atoms with Gasteiger partial charge in [0.05, 0.1) is 23.7 Å². The number of pyridine rings is 1. The molecule has 0 aromatic carbocycles. The molecule has 1 saturated carbocycles. The van der Waals surface area contributed by atoms with Gasteiger partial charge in [-0.15, -0.1) is 0 Å². The van der Waals surface area contributed by atoms with Crippen molar-refractivity contribution < 1.29 is 14.4 Å². The molecule has 3 heterocycles. The molecule has 3 amide bonds. The first kappa shape index (κ1) is 17.4. The van der Waals surface area contributed by atoms with Crippen LogP contribution >= 0.6 is 0 Å². The van der Waals surface area contributed by atoms with Crippen LogP contribution in [0.5, 0.6) is 0 Å². The van der Waals surface area contributed by atoms with E-state index in [2.05, 4.69) is 15.3 Å². The summed E-state index contributed by atoms with van der Waals surface area (Å²) in [5.41, 5.74) is 0.566. The SMILES string of the molecule is O=C(CCN1C(=O)C2CCCCC2C1=O)Nc1ccc(-n2ccnc2)nc1. The molecule has 27 heavy (non-hydrogen) atoms. The number of amides is 3. The number of likely N-dealkylation sites (tertiary alicyclic amines) is 1. The minimum atomic E-state index is -0.248. The van der Waals surface area contributed by atoms with Crippen LogP contribution in [0, 0.1) is 11.8 Å². The van der Waals surface area contributed by atoms with E-state index in [0.717, 1.165) is 25.7 Å². The topological polar surface area (TPSA) is 97.2 Å². The van der Waals surface area contributed by atoms with Crippen LogP contribution in [-0.2, 0) is 14.4 Å². The molecule has 2 fully saturated rings. The highest BCUT2D eigenvalue weighted by Gasteiger charge is 2.47. The number of rotatable bonds is 5. The number of anilines is 1. The number of imide groups is 1. The predicted molar refractivity (Wildman–Crippen MR) is 96.8 cm³/mol. The lowest BCUT2D eigenvalue weighted by Gasteiger charge is -2.19. The van der Waals surface area contributed by atoms with Gasteiger partial charge in [0, 0.05) is 25.4 Å². The third-order valence-electron chi connectivity index (χ3n) is 5.30. The Bertz CT molecular complexity index is 823. The molecule has 0 bridgehead atoms. The van der Waals surface area contributed by atoms with Gasteiger partial charge >= 0.3 is 0 Å². The zero-order valence-corrected chi connectivity index (χ0v) is 14.9. The Morgan fingerprint density at radius 1 is 1.15 bits per heavy atom. The van der Waals surface area contributed by atoms with E-state index in [1.54, 1.807) is 41.6 Å². The normalized spacial score (nSPS) is 22.0. The summed E-state index contributed by atoms with van der Waals surface area (Å²) in [6.07, 6.45) is 10.3. The summed E-state index contributed by atoms with van der Waals surface area (Å²) in [6.45, 7) is 0.136. The molecule has 4 rings (SSSR count). The molecule has 2 aromatic heterocycles. The van der Waals surface area contributed by atoms with Crippen LogP contribution < -0.4 is 5.32 Å². The van der Waals surface area contributed by atoms with Crippen LogP contribution in [0.3, 0.4) is 0 Å². The third-order valence-corrected chi connectivity index (χ3v) is 5.30. The quantitative estimate of drug-likeness (QED) is 0.813. The number of carbonyl (C=O) groups is 3. The number of nitrogens with one attached hydrogen (secondary N) is 1. The van der Waals surface area contributed by atoms with E-state index in [4.69, 9.17) is 0 Å². The summed E-state index contributed by atoms with van der Waals surface area (Å²) in [6, 6.07) is 3.52. The fourth-order valence-corrected chi connectivity index (χ4v) is 3.90. The highest BCUT2D eigenvalue weighted by molar-refractivity contribution is 6.05. The van der Waals surface area contributed by atoms with Crippen molar-refractivity contribution in [3.63, 3.8) is 0 Å². The van der Waals surface area contributed by atoms with Crippen molar-refractivity contribution in [2.45, 2.75) is 32.1 Å². The number of aromatic nitrogens is 3. The van der Waals surface area contributed by atoms with Crippen molar-refractivity contribution in [2.75, 3.05) is 11.9 Å². The van der Waals surface area contributed by atoms with E-state index in [1.165, 1.54) is 4.90 Å². The second kappa shape index (κ2) is 7.30. The lowest BCUT2D eigenvalue weighted by atomic mass is 9.81. The van der Waals surface area contributed by atoms with E-state index in [9.17, 15) is 14.4 Å². The van der Waals surface area contributed by atoms with Gasteiger partial charge in [-0.3, -0.25) is 23.9 Å². The first-order chi connectivity index (χ1) is 13.1. The zero-order chi connectivity index (χ0) is 18.8. The first-order valence-corrected chi connectivity index (χ1v) is 9.23. The van der Waals surface area contributed by atoms with Crippen molar-refractivity contribution >= 4 is 23.4 Å². The highest BCUT2D eigenvalue weighted by atomic mass is 16.2. The number of carbonyl (C=O) groups excluding carboxylic acids is 3. The minimum absolute atomic E-state index is 0.0835. The van der Waals surface area contributed by atoms with E-state index >= 15 is 0 Å². The van der Waals surface area contributed by atoms with E-state index in [-0.39, 0.29) is 42.5 Å². The lowest BCUT2D eigenvalue weighted by Crippen LogP contribution is -2.34. The van der Waals surface area contributed by atoms with Gasteiger partial charge < -0.3 is 5.32 Å². The van der Waals surface area contributed by atoms with Crippen LogP contribution in [0.1, 0.15) is 32.1 Å². The van der Waals surface area contributed by atoms with Crippen LogP contribution in [0.25, 0.3) is 5.82 Å². The summed E-state index contributed by atoms with van der Waals surface area (Å²) >= 11 is 0. The number of hydrogen-bond donors (Lipinski definition) is 1. The summed E-state index contributed by atoms with van der Waals surface area (Å²) in [7, 11) is 0. The van der Waals surface area contributed by atoms with Crippen molar-refractivity contribution in [1.29, 1.82) is 0 Å². The molecule has 2 unspecified atom stereocenters. The van der Waals surface area contributed by atoms with Crippen molar-refractivity contribution in [2.24, 2.45) is 11.8 Å². The molecule has 8 nitrogen and oxygen atoms in total. The fraction of sp³-hybridized carbons (Fsp3) is 0.421. The molecule has 140 valence electrons. The van der Waals surface area contributed by atoms with Gasteiger partial charge in [-0.25, -0.2) is 9.97 Å². The van der Waals surface area contributed by atoms with E-state index in [1.807, 2.05) is 0 Å². The van der Waals surface area contributed by atoms with E-state index < -0.39 is 0 Å². The number of fused-ring (bicyclic) bond motifs is 1. The predicted octanol–water partition coefficient (Wildman–Crippen LogP) is 1.77. The molecule has 2 aliphatic rings. The maximum absolute atomic E-state index is 12.4. The van der Waals surface area contributed by atoms with Gasteiger partial charge in [0.1, 0.15) is 12.1 Å². The summed E-state index contributed by atoms with van der Waals surface area (Å²) in [5, 5.41) is 2.76. The van der Waals surface area contributed by atoms with Gasteiger partial charge in [0.15, 0.2) is 0 Å². The summed E-state index contributed by atoms with van der Waals surface area (Å²) in [4.78, 5) is 46.6. The number of hydrogen-bond acceptors (Lipinski definition) is 5. The Balaban J connectivity index is 1.32. The molecule has 1 N–H and O–H groups in total. The first-order valence-electron chi connectivity index (χ1n) is 9.23. The Morgan fingerprint density at radius 2 is 1.89 bits per heavy atom. The molecule has 1 aliphatic heterocycles. The van der Waals surface area contributed by atoms with Gasteiger partial charge in [0.2, 0.25) is 17.7 Å². The molecule has 8 heteroatoms. The molecule has 1 saturated heterocycles. The average Bonchev–Trinajstić information content (AvgIpc) is 3.30. The zero-order valence-electron chi connectivity index (χ0n) is 14.9. The standard InChI is InChI=1S/C19H21N5O3/c25-17(22-13-5-6-16(21-11-13)23-10-8-20-12-23)7-9-24-18(26)14-3-1-2-4-15(14)19(24)27/h5-6,8,10-12,14-15H,1-4,7,9H2,(H,22,25). The average molecular weight is 367 g/mol. The largest absolute Gasteiger partial charge is 0.325 e. The van der Waals surface area contributed by atoms with Gasteiger partial charge in [-0.1, -0.05) is 12.8 Å². The van der Waals surface area contributed by atoms with Crippen molar-refractivity contribution in [1.82, 2.24) is 19.4 Å². The highest BCUT2D eigenvalue weighted by Crippen LogP contribution is 2.37. The Labute approximate surface area is 156 Å². The Kier molecular flexibility index (Phi) is 4.70. The Hall–Kier alpha value is -3.03. The molecule has 2 atom stereocenters. The van der Waals surface area contributed by atoms with Crippen LogP contribution in [-0.4, -0.2) is 43.7 Å². The fourth-order valence-electron chi connectivity index (χ4n) is 3.90. The molecular weight excluding hydrogens is 346 g/mol. The maximum Gasteiger partial charge on any atom is 0.233 e.